The van der Waals surface area contributed by atoms with Crippen LogP contribution in [0.2, 0.25) is 0 Å². The lowest BCUT2D eigenvalue weighted by molar-refractivity contribution is -0.131. The van der Waals surface area contributed by atoms with Crippen LogP contribution in [0.1, 0.15) is 5.56 Å². The Morgan fingerprint density at radius 3 is 2.92 bits per heavy atom. The zero-order valence-corrected chi connectivity index (χ0v) is 6.86. The van der Waals surface area contributed by atoms with Gasteiger partial charge in [0, 0.05) is 6.42 Å². The van der Waals surface area contributed by atoms with Gasteiger partial charge in [-0.25, -0.2) is 4.79 Å². The molecule has 0 aromatic heterocycles. The molecule has 13 heavy (non-hydrogen) atoms. The standard InChI is InChI=1S/C10H8O3/c11-6-8-5-7-3-1-2-4-9(7)13-10(8)12/h1-4,6,11H,5H2/b8-6-. The lowest BCUT2D eigenvalue weighted by atomic mass is 10.0. The van der Waals surface area contributed by atoms with Crippen molar-refractivity contribution in [1.29, 1.82) is 0 Å². The minimum atomic E-state index is -0.471. The van der Waals surface area contributed by atoms with Gasteiger partial charge < -0.3 is 9.84 Å². The average Bonchev–Trinajstić information content (AvgIpc) is 2.17. The Morgan fingerprint density at radius 2 is 2.15 bits per heavy atom. The number of hydrogen-bond acceptors (Lipinski definition) is 3. The number of para-hydroxylation sites is 1. The van der Waals surface area contributed by atoms with Crippen LogP contribution in [0.25, 0.3) is 0 Å². The van der Waals surface area contributed by atoms with E-state index < -0.39 is 5.97 Å². The summed E-state index contributed by atoms with van der Waals surface area (Å²) in [6.45, 7) is 0. The molecule has 1 aromatic rings. The number of fused-ring (bicyclic) bond motifs is 1. The highest BCUT2D eigenvalue weighted by Gasteiger charge is 2.21. The molecule has 0 amide bonds. The van der Waals surface area contributed by atoms with E-state index in [-0.39, 0.29) is 0 Å². The highest BCUT2D eigenvalue weighted by atomic mass is 16.5. The summed E-state index contributed by atoms with van der Waals surface area (Å²) in [7, 11) is 0. The Morgan fingerprint density at radius 1 is 1.38 bits per heavy atom. The van der Waals surface area contributed by atoms with Gasteiger partial charge in [0.15, 0.2) is 0 Å². The molecule has 0 aliphatic carbocycles. The summed E-state index contributed by atoms with van der Waals surface area (Å²) in [4.78, 5) is 11.1. The minimum absolute atomic E-state index is 0.290. The van der Waals surface area contributed by atoms with Gasteiger partial charge in [-0.3, -0.25) is 0 Å². The highest BCUT2D eigenvalue weighted by molar-refractivity contribution is 5.92. The summed E-state index contributed by atoms with van der Waals surface area (Å²) in [6.07, 6.45) is 1.24. The van der Waals surface area contributed by atoms with E-state index in [9.17, 15) is 4.79 Å². The fourth-order valence-corrected chi connectivity index (χ4v) is 1.29. The van der Waals surface area contributed by atoms with Crippen molar-refractivity contribution in [2.24, 2.45) is 0 Å². The van der Waals surface area contributed by atoms with E-state index in [1.807, 2.05) is 12.1 Å². The van der Waals surface area contributed by atoms with Crippen LogP contribution in [-0.2, 0) is 11.2 Å². The Bertz CT molecular complexity index is 380. The van der Waals surface area contributed by atoms with Gasteiger partial charge in [0.25, 0.3) is 0 Å². The number of benzene rings is 1. The van der Waals surface area contributed by atoms with E-state index in [1.54, 1.807) is 12.1 Å². The van der Waals surface area contributed by atoms with Gasteiger partial charge in [-0.05, 0) is 11.6 Å². The number of aliphatic hydroxyl groups is 1. The lowest BCUT2D eigenvalue weighted by Crippen LogP contribution is -2.19. The van der Waals surface area contributed by atoms with Gasteiger partial charge >= 0.3 is 5.97 Å². The molecule has 3 nitrogen and oxygen atoms in total. The third-order valence-corrected chi connectivity index (χ3v) is 1.97. The number of carbonyl (C=O) groups is 1. The monoisotopic (exact) mass is 176 g/mol. The SMILES string of the molecule is O=C1Oc2ccccc2C/C1=C/O. The van der Waals surface area contributed by atoms with Crippen molar-refractivity contribution in [2.75, 3.05) is 0 Å². The maximum Gasteiger partial charge on any atom is 0.342 e. The van der Waals surface area contributed by atoms with E-state index in [0.717, 1.165) is 11.8 Å². The summed E-state index contributed by atoms with van der Waals surface area (Å²) in [5.74, 6) is 0.110. The molecule has 0 radical (unpaired) electrons. The normalized spacial score (nSPS) is 18.2. The van der Waals surface area contributed by atoms with Crippen molar-refractivity contribution in [3.8, 4) is 5.75 Å². The fourth-order valence-electron chi connectivity index (χ4n) is 1.29. The van der Waals surface area contributed by atoms with Crippen molar-refractivity contribution in [3.05, 3.63) is 41.7 Å². The third-order valence-electron chi connectivity index (χ3n) is 1.97. The molecule has 0 unspecified atom stereocenters. The zero-order valence-electron chi connectivity index (χ0n) is 6.86. The van der Waals surface area contributed by atoms with Crippen molar-refractivity contribution in [2.45, 2.75) is 6.42 Å². The molecule has 1 aliphatic rings. The summed E-state index contributed by atoms with van der Waals surface area (Å²) in [6, 6.07) is 7.28. The molecule has 66 valence electrons. The molecule has 1 aromatic carbocycles. The summed E-state index contributed by atoms with van der Waals surface area (Å²) in [5.41, 5.74) is 1.21. The number of aliphatic hydroxyl groups excluding tert-OH is 1. The first-order chi connectivity index (χ1) is 6.31. The maximum atomic E-state index is 11.1. The molecule has 0 bridgehead atoms. The predicted molar refractivity (Wildman–Crippen MR) is 46.5 cm³/mol. The molecule has 0 saturated heterocycles. The van der Waals surface area contributed by atoms with Crippen LogP contribution in [0.4, 0.5) is 0 Å². The quantitative estimate of drug-likeness (QED) is 0.282. The first-order valence-electron chi connectivity index (χ1n) is 3.94. The van der Waals surface area contributed by atoms with E-state index in [2.05, 4.69) is 0 Å². The molecule has 1 aliphatic heterocycles. The second-order valence-electron chi connectivity index (χ2n) is 2.83. The molecular weight excluding hydrogens is 168 g/mol. The Hall–Kier alpha value is -1.77. The van der Waals surface area contributed by atoms with Gasteiger partial charge in [0.05, 0.1) is 11.8 Å². The lowest BCUT2D eigenvalue weighted by Gasteiger charge is -2.16. The topological polar surface area (TPSA) is 46.5 Å². The van der Waals surface area contributed by atoms with Crippen LogP contribution in [-0.4, -0.2) is 11.1 Å². The van der Waals surface area contributed by atoms with Crippen LogP contribution < -0.4 is 4.74 Å². The molecular formula is C10H8O3. The van der Waals surface area contributed by atoms with Crippen molar-refractivity contribution < 1.29 is 14.6 Å². The number of hydrogen-bond donors (Lipinski definition) is 1. The first-order valence-corrected chi connectivity index (χ1v) is 3.94. The van der Waals surface area contributed by atoms with E-state index in [0.29, 0.717) is 17.7 Å². The summed E-state index contributed by atoms with van der Waals surface area (Å²) >= 11 is 0. The van der Waals surface area contributed by atoms with Crippen LogP contribution in [0.15, 0.2) is 36.1 Å². The second kappa shape index (κ2) is 2.94. The van der Waals surface area contributed by atoms with Crippen LogP contribution in [0.5, 0.6) is 5.75 Å². The minimum Gasteiger partial charge on any atom is -0.515 e. The van der Waals surface area contributed by atoms with Crippen LogP contribution >= 0.6 is 0 Å². The molecule has 1 N–H and O–H groups in total. The van der Waals surface area contributed by atoms with Crippen molar-refractivity contribution in [3.63, 3.8) is 0 Å². The number of rotatable bonds is 0. The molecule has 0 spiro atoms. The number of ether oxygens (including phenoxy) is 1. The second-order valence-corrected chi connectivity index (χ2v) is 2.83. The fraction of sp³-hybridized carbons (Fsp3) is 0.100. The molecule has 1 heterocycles. The van der Waals surface area contributed by atoms with E-state index >= 15 is 0 Å². The van der Waals surface area contributed by atoms with Gasteiger partial charge in [0.1, 0.15) is 5.75 Å². The summed E-state index contributed by atoms with van der Waals surface area (Å²) < 4.78 is 4.97. The van der Waals surface area contributed by atoms with Gasteiger partial charge in [-0.1, -0.05) is 18.2 Å². The first kappa shape index (κ1) is 7.86. The van der Waals surface area contributed by atoms with E-state index in [1.165, 1.54) is 0 Å². The van der Waals surface area contributed by atoms with Crippen LogP contribution in [0, 0.1) is 0 Å². The Kier molecular flexibility index (Phi) is 1.77. The smallest absolute Gasteiger partial charge is 0.342 e. The van der Waals surface area contributed by atoms with Crippen LogP contribution in [0.3, 0.4) is 0 Å². The highest BCUT2D eigenvalue weighted by Crippen LogP contribution is 2.26. The zero-order chi connectivity index (χ0) is 9.26. The number of carbonyl (C=O) groups excluding carboxylic acids is 1. The van der Waals surface area contributed by atoms with Gasteiger partial charge in [-0.2, -0.15) is 0 Å². The predicted octanol–water partition coefficient (Wildman–Crippen LogP) is 1.59. The average molecular weight is 176 g/mol. The van der Waals surface area contributed by atoms with Gasteiger partial charge in [0.2, 0.25) is 0 Å². The molecule has 3 heteroatoms. The van der Waals surface area contributed by atoms with Crippen molar-refractivity contribution >= 4 is 5.97 Å². The molecule has 0 atom stereocenters. The van der Waals surface area contributed by atoms with Crippen molar-refractivity contribution in [1.82, 2.24) is 0 Å². The largest absolute Gasteiger partial charge is 0.515 e. The number of esters is 1. The Labute approximate surface area is 75.3 Å². The summed E-state index contributed by atoms with van der Waals surface area (Å²) in [5, 5.41) is 8.72. The molecule has 0 saturated carbocycles. The maximum absolute atomic E-state index is 11.1. The van der Waals surface area contributed by atoms with Gasteiger partial charge in [-0.15, -0.1) is 0 Å². The molecule has 2 rings (SSSR count). The Balaban J connectivity index is 2.44. The van der Waals surface area contributed by atoms with E-state index in [4.69, 9.17) is 9.84 Å². The molecule has 0 fully saturated rings. The third kappa shape index (κ3) is 1.28.